The molecule has 0 unspecified atom stereocenters. The van der Waals surface area contributed by atoms with Crippen molar-refractivity contribution in [3.8, 4) is 0 Å². The second kappa shape index (κ2) is 9.40. The fourth-order valence-corrected chi connectivity index (χ4v) is 3.86. The van der Waals surface area contributed by atoms with Gasteiger partial charge in [0.1, 0.15) is 0 Å². The first-order valence-electron chi connectivity index (χ1n) is 10.5. The molecular weight excluding hydrogens is 370 g/mol. The molecule has 152 valence electrons. The number of rotatable bonds is 8. The number of pyridine rings is 1. The van der Waals surface area contributed by atoms with Crippen molar-refractivity contribution in [1.82, 2.24) is 14.9 Å². The van der Waals surface area contributed by atoms with E-state index in [1.807, 2.05) is 12.1 Å². The molecule has 0 saturated heterocycles. The zero-order chi connectivity index (χ0) is 20.8. The highest BCUT2D eigenvalue weighted by Crippen LogP contribution is 2.24. The maximum absolute atomic E-state index is 12.2. The van der Waals surface area contributed by atoms with E-state index in [1.54, 1.807) is 12.4 Å². The highest BCUT2D eigenvalue weighted by Gasteiger charge is 2.10. The number of amides is 1. The topological polar surface area (TPSA) is 46.9 Å². The Labute approximate surface area is 177 Å². The molecule has 2 aromatic carbocycles. The van der Waals surface area contributed by atoms with E-state index in [9.17, 15) is 4.79 Å². The maximum Gasteiger partial charge on any atom is 0.220 e. The van der Waals surface area contributed by atoms with Crippen LogP contribution >= 0.6 is 0 Å². The number of fused-ring (bicyclic) bond motifs is 1. The normalized spacial score (nSPS) is 11.0. The second-order valence-corrected chi connectivity index (χ2v) is 7.72. The Morgan fingerprint density at radius 2 is 1.83 bits per heavy atom. The van der Waals surface area contributed by atoms with Gasteiger partial charge in [-0.1, -0.05) is 48.5 Å². The fourth-order valence-electron chi connectivity index (χ4n) is 3.86. The molecular formula is C26H27N3O. The number of benzene rings is 2. The summed E-state index contributed by atoms with van der Waals surface area (Å²) < 4.78 is 2.33. The minimum absolute atomic E-state index is 0.0856. The van der Waals surface area contributed by atoms with Crippen molar-refractivity contribution in [2.24, 2.45) is 0 Å². The van der Waals surface area contributed by atoms with E-state index in [4.69, 9.17) is 0 Å². The summed E-state index contributed by atoms with van der Waals surface area (Å²) >= 11 is 0. The van der Waals surface area contributed by atoms with E-state index < -0.39 is 0 Å². The minimum atomic E-state index is 0.0856. The molecule has 0 aliphatic heterocycles. The maximum atomic E-state index is 12.2. The number of nitrogens with one attached hydrogen (secondary N) is 1. The zero-order valence-electron chi connectivity index (χ0n) is 17.3. The van der Waals surface area contributed by atoms with Crippen LogP contribution in [0.25, 0.3) is 10.9 Å². The van der Waals surface area contributed by atoms with Gasteiger partial charge in [0.2, 0.25) is 5.91 Å². The summed E-state index contributed by atoms with van der Waals surface area (Å²) in [4.78, 5) is 16.3. The third-order valence-electron chi connectivity index (χ3n) is 5.54. The van der Waals surface area contributed by atoms with Crippen molar-refractivity contribution in [3.63, 3.8) is 0 Å². The molecule has 4 aromatic rings. The van der Waals surface area contributed by atoms with Gasteiger partial charge in [0.25, 0.3) is 0 Å². The van der Waals surface area contributed by atoms with Crippen LogP contribution in [0.3, 0.4) is 0 Å². The average molecular weight is 398 g/mol. The molecule has 4 heteroatoms. The molecule has 2 aromatic heterocycles. The van der Waals surface area contributed by atoms with Crippen LogP contribution in [0.2, 0.25) is 0 Å². The summed E-state index contributed by atoms with van der Waals surface area (Å²) in [6.45, 7) is 3.55. The Balaban J connectivity index is 1.39. The molecule has 0 aliphatic carbocycles. The Hall–Kier alpha value is -3.40. The molecule has 0 fully saturated rings. The third-order valence-corrected chi connectivity index (χ3v) is 5.54. The molecule has 4 nitrogen and oxygen atoms in total. The smallest absolute Gasteiger partial charge is 0.220 e. The summed E-state index contributed by atoms with van der Waals surface area (Å²) in [7, 11) is 0. The van der Waals surface area contributed by atoms with E-state index in [1.165, 1.54) is 27.6 Å². The molecule has 1 N–H and O–H groups in total. The minimum Gasteiger partial charge on any atom is -0.352 e. The van der Waals surface area contributed by atoms with Crippen molar-refractivity contribution in [2.45, 2.75) is 39.3 Å². The second-order valence-electron chi connectivity index (χ2n) is 7.72. The molecule has 1 amide bonds. The lowest BCUT2D eigenvalue weighted by Gasteiger charge is -2.08. The van der Waals surface area contributed by atoms with Crippen LogP contribution in [0.4, 0.5) is 0 Å². The highest BCUT2D eigenvalue weighted by molar-refractivity contribution is 5.84. The lowest BCUT2D eigenvalue weighted by atomic mass is 10.1. The van der Waals surface area contributed by atoms with Crippen molar-refractivity contribution in [2.75, 3.05) is 0 Å². The van der Waals surface area contributed by atoms with Gasteiger partial charge in [0.15, 0.2) is 0 Å². The molecule has 0 bridgehead atoms. The number of carbonyl (C=O) groups is 1. The Kier molecular flexibility index (Phi) is 6.23. The van der Waals surface area contributed by atoms with Crippen molar-refractivity contribution in [3.05, 3.63) is 102 Å². The van der Waals surface area contributed by atoms with Crippen LogP contribution in [-0.2, 0) is 24.3 Å². The summed E-state index contributed by atoms with van der Waals surface area (Å²) in [6.07, 6.45) is 8.02. The number of aryl methyl sites for hydroxylation is 2. The van der Waals surface area contributed by atoms with Crippen LogP contribution in [0, 0.1) is 6.92 Å². The first kappa shape index (κ1) is 19.9. The largest absolute Gasteiger partial charge is 0.352 e. The van der Waals surface area contributed by atoms with Crippen molar-refractivity contribution < 1.29 is 4.79 Å². The van der Waals surface area contributed by atoms with Gasteiger partial charge in [-0.05, 0) is 54.2 Å². The van der Waals surface area contributed by atoms with E-state index in [-0.39, 0.29) is 5.91 Å². The van der Waals surface area contributed by atoms with Gasteiger partial charge in [0.05, 0.1) is 0 Å². The molecule has 0 saturated carbocycles. The van der Waals surface area contributed by atoms with Gasteiger partial charge >= 0.3 is 0 Å². The predicted octanol–water partition coefficient (Wildman–Crippen LogP) is 5.03. The van der Waals surface area contributed by atoms with E-state index in [0.717, 1.165) is 24.9 Å². The van der Waals surface area contributed by atoms with E-state index >= 15 is 0 Å². The average Bonchev–Trinajstić information content (AvgIpc) is 3.12. The molecule has 30 heavy (non-hydrogen) atoms. The third kappa shape index (κ3) is 4.77. The Morgan fingerprint density at radius 1 is 1.00 bits per heavy atom. The quantitative estimate of drug-likeness (QED) is 0.453. The first-order chi connectivity index (χ1) is 14.7. The van der Waals surface area contributed by atoms with Gasteiger partial charge in [0, 0.05) is 49.0 Å². The summed E-state index contributed by atoms with van der Waals surface area (Å²) in [6, 6.07) is 20.9. The van der Waals surface area contributed by atoms with Crippen LogP contribution in [-0.4, -0.2) is 15.5 Å². The number of hydrogen-bond donors (Lipinski definition) is 1. The SMILES string of the molecule is Cc1ccccc1Cn1cc(CCCC(=O)NCc2cccnc2)c2ccccc21. The number of para-hydroxylation sites is 1. The Morgan fingerprint density at radius 3 is 2.67 bits per heavy atom. The summed E-state index contributed by atoms with van der Waals surface area (Å²) in [5.41, 5.74) is 6.21. The number of nitrogens with zero attached hydrogens (tertiary/aromatic N) is 2. The Bertz CT molecular complexity index is 1130. The first-order valence-corrected chi connectivity index (χ1v) is 10.5. The standard InChI is InChI=1S/C26H27N3O/c1-20-8-2-3-10-22(20)18-29-19-23(24-12-4-5-13-25(24)29)11-6-14-26(30)28-17-21-9-7-15-27-16-21/h2-5,7-10,12-13,15-16,19H,6,11,14,17-18H2,1H3,(H,28,30). The number of hydrogen-bond acceptors (Lipinski definition) is 2. The number of carbonyl (C=O) groups excluding carboxylic acids is 1. The van der Waals surface area contributed by atoms with Gasteiger partial charge in [-0.3, -0.25) is 9.78 Å². The highest BCUT2D eigenvalue weighted by atomic mass is 16.1. The molecule has 4 rings (SSSR count). The predicted molar refractivity (Wildman–Crippen MR) is 121 cm³/mol. The van der Waals surface area contributed by atoms with Crippen LogP contribution in [0.1, 0.15) is 35.1 Å². The lowest BCUT2D eigenvalue weighted by molar-refractivity contribution is -0.121. The van der Waals surface area contributed by atoms with Gasteiger partial charge in [-0.15, -0.1) is 0 Å². The summed E-state index contributed by atoms with van der Waals surface area (Å²) in [5.74, 6) is 0.0856. The lowest BCUT2D eigenvalue weighted by Crippen LogP contribution is -2.22. The molecule has 0 aliphatic rings. The van der Waals surface area contributed by atoms with Crippen molar-refractivity contribution in [1.29, 1.82) is 0 Å². The van der Waals surface area contributed by atoms with Crippen LogP contribution < -0.4 is 5.32 Å². The van der Waals surface area contributed by atoms with Crippen LogP contribution in [0.15, 0.2) is 79.3 Å². The van der Waals surface area contributed by atoms with Gasteiger partial charge in [-0.2, -0.15) is 0 Å². The molecule has 2 heterocycles. The molecule has 0 atom stereocenters. The van der Waals surface area contributed by atoms with E-state index in [0.29, 0.717) is 13.0 Å². The van der Waals surface area contributed by atoms with Crippen molar-refractivity contribution >= 4 is 16.8 Å². The fraction of sp³-hybridized carbons (Fsp3) is 0.231. The van der Waals surface area contributed by atoms with Crippen LogP contribution in [0.5, 0.6) is 0 Å². The monoisotopic (exact) mass is 397 g/mol. The van der Waals surface area contributed by atoms with E-state index in [2.05, 4.69) is 76.5 Å². The van der Waals surface area contributed by atoms with Gasteiger partial charge < -0.3 is 9.88 Å². The zero-order valence-corrected chi connectivity index (χ0v) is 17.3. The summed E-state index contributed by atoms with van der Waals surface area (Å²) in [5, 5.41) is 4.26. The molecule has 0 spiro atoms. The molecule has 0 radical (unpaired) electrons. The van der Waals surface area contributed by atoms with Gasteiger partial charge in [-0.25, -0.2) is 0 Å². The number of aromatic nitrogens is 2.